The van der Waals surface area contributed by atoms with Crippen molar-refractivity contribution >= 4 is 46.8 Å². The number of halogens is 1. The van der Waals surface area contributed by atoms with Crippen molar-refractivity contribution in [3.8, 4) is 6.07 Å². The summed E-state index contributed by atoms with van der Waals surface area (Å²) in [5, 5.41) is 16.1. The second-order valence-electron chi connectivity index (χ2n) is 8.18. The maximum absolute atomic E-state index is 13.0. The standard InChI is InChI=1S/C26H26ClN3O4S/c1-5-34-26(33)22-21(17-8-6-7-9-19(17)27)18(12-28)25(30-24(22)32)35-13-20(31)29-23-15(3)10-14(2)11-16(23)4/h6-11,21-22H,5,13H2,1-4H3,(H,29,31)(H,30,32)/t21-,22-/m0/s1. The van der Waals surface area contributed by atoms with E-state index in [0.717, 1.165) is 34.1 Å². The van der Waals surface area contributed by atoms with Crippen molar-refractivity contribution in [1.29, 1.82) is 5.26 Å². The largest absolute Gasteiger partial charge is 0.465 e. The van der Waals surface area contributed by atoms with E-state index >= 15 is 0 Å². The van der Waals surface area contributed by atoms with E-state index in [2.05, 4.69) is 16.7 Å². The minimum Gasteiger partial charge on any atom is -0.465 e. The minimum absolute atomic E-state index is 0.0487. The highest BCUT2D eigenvalue weighted by atomic mass is 35.5. The van der Waals surface area contributed by atoms with Gasteiger partial charge in [-0.25, -0.2) is 0 Å². The van der Waals surface area contributed by atoms with Crippen LogP contribution in [0.4, 0.5) is 5.69 Å². The molecule has 1 aliphatic rings. The number of thioether (sulfide) groups is 1. The second kappa shape index (κ2) is 11.4. The third-order valence-corrected chi connectivity index (χ3v) is 6.96. The summed E-state index contributed by atoms with van der Waals surface area (Å²) in [6.45, 7) is 7.56. The highest BCUT2D eigenvalue weighted by Gasteiger charge is 2.45. The molecule has 0 aromatic heterocycles. The van der Waals surface area contributed by atoms with E-state index in [9.17, 15) is 19.6 Å². The van der Waals surface area contributed by atoms with Gasteiger partial charge in [0.15, 0.2) is 0 Å². The number of carbonyl (C=O) groups excluding carboxylic acids is 3. The first-order valence-corrected chi connectivity index (χ1v) is 12.4. The average Bonchev–Trinajstić information content (AvgIpc) is 2.80. The Morgan fingerprint density at radius 1 is 1.20 bits per heavy atom. The molecular formula is C26H26ClN3O4S. The van der Waals surface area contributed by atoms with E-state index in [1.54, 1.807) is 31.2 Å². The van der Waals surface area contributed by atoms with Gasteiger partial charge >= 0.3 is 5.97 Å². The van der Waals surface area contributed by atoms with Crippen LogP contribution >= 0.6 is 23.4 Å². The first-order valence-electron chi connectivity index (χ1n) is 11.0. The molecule has 7 nitrogen and oxygen atoms in total. The van der Waals surface area contributed by atoms with Crippen LogP contribution in [-0.4, -0.2) is 30.1 Å². The molecule has 1 heterocycles. The number of hydrogen-bond donors (Lipinski definition) is 2. The zero-order valence-corrected chi connectivity index (χ0v) is 21.5. The van der Waals surface area contributed by atoms with Crippen LogP contribution < -0.4 is 10.6 Å². The number of esters is 1. The molecule has 182 valence electrons. The lowest BCUT2D eigenvalue weighted by Gasteiger charge is -2.31. The Bertz CT molecular complexity index is 1230. The third kappa shape index (κ3) is 5.87. The highest BCUT2D eigenvalue weighted by molar-refractivity contribution is 8.03. The van der Waals surface area contributed by atoms with Crippen molar-refractivity contribution in [1.82, 2.24) is 5.32 Å². The lowest BCUT2D eigenvalue weighted by atomic mass is 9.78. The van der Waals surface area contributed by atoms with Gasteiger partial charge in [0.05, 0.1) is 29.0 Å². The zero-order valence-electron chi connectivity index (χ0n) is 19.9. The topological polar surface area (TPSA) is 108 Å². The number of nitrogens with one attached hydrogen (secondary N) is 2. The van der Waals surface area contributed by atoms with Crippen molar-refractivity contribution in [2.24, 2.45) is 5.92 Å². The minimum atomic E-state index is -1.28. The van der Waals surface area contributed by atoms with Crippen LogP contribution in [0, 0.1) is 38.0 Å². The van der Waals surface area contributed by atoms with Crippen LogP contribution in [-0.2, 0) is 19.1 Å². The van der Waals surface area contributed by atoms with E-state index in [1.165, 1.54) is 0 Å². The van der Waals surface area contributed by atoms with E-state index in [0.29, 0.717) is 10.6 Å². The first-order chi connectivity index (χ1) is 16.7. The van der Waals surface area contributed by atoms with Gasteiger partial charge in [0.1, 0.15) is 5.92 Å². The molecule has 9 heteroatoms. The molecule has 2 aromatic carbocycles. The number of nitriles is 1. The number of nitrogens with zero attached hydrogens (tertiary/aromatic N) is 1. The lowest BCUT2D eigenvalue weighted by Crippen LogP contribution is -2.44. The Labute approximate surface area is 213 Å². The third-order valence-electron chi connectivity index (χ3n) is 5.60. The van der Waals surface area contributed by atoms with Gasteiger partial charge in [-0.15, -0.1) is 0 Å². The number of anilines is 1. The van der Waals surface area contributed by atoms with Crippen LogP contribution in [0.5, 0.6) is 0 Å². The summed E-state index contributed by atoms with van der Waals surface area (Å²) in [5.41, 5.74) is 4.34. The van der Waals surface area contributed by atoms with Gasteiger partial charge in [-0.05, 0) is 50.5 Å². The summed E-state index contributed by atoms with van der Waals surface area (Å²) in [7, 11) is 0. The number of hydrogen-bond acceptors (Lipinski definition) is 6. The normalized spacial score (nSPS) is 17.4. The second-order valence-corrected chi connectivity index (χ2v) is 9.58. The van der Waals surface area contributed by atoms with Crippen molar-refractivity contribution in [2.45, 2.75) is 33.6 Å². The predicted octanol–water partition coefficient (Wildman–Crippen LogP) is 4.77. The van der Waals surface area contributed by atoms with Crippen molar-refractivity contribution in [3.05, 3.63) is 74.3 Å². The van der Waals surface area contributed by atoms with Gasteiger partial charge in [-0.1, -0.05) is 59.3 Å². The number of allylic oxidation sites excluding steroid dienone is 1. The Balaban J connectivity index is 1.92. The smallest absolute Gasteiger partial charge is 0.319 e. The average molecular weight is 512 g/mol. The molecule has 2 aromatic rings. The highest BCUT2D eigenvalue weighted by Crippen LogP contribution is 2.42. The molecule has 0 saturated heterocycles. The zero-order chi connectivity index (χ0) is 25.7. The van der Waals surface area contributed by atoms with Gasteiger partial charge in [0.2, 0.25) is 11.8 Å². The van der Waals surface area contributed by atoms with E-state index in [4.69, 9.17) is 16.3 Å². The molecule has 0 spiro atoms. The van der Waals surface area contributed by atoms with Crippen molar-refractivity contribution in [3.63, 3.8) is 0 Å². The van der Waals surface area contributed by atoms with Crippen molar-refractivity contribution in [2.75, 3.05) is 17.7 Å². The van der Waals surface area contributed by atoms with Gasteiger partial charge in [-0.3, -0.25) is 14.4 Å². The fourth-order valence-corrected chi connectivity index (χ4v) is 5.28. The van der Waals surface area contributed by atoms with Gasteiger partial charge in [0.25, 0.3) is 0 Å². The molecule has 2 N–H and O–H groups in total. The molecule has 2 amide bonds. The molecule has 2 atom stereocenters. The predicted molar refractivity (Wildman–Crippen MR) is 137 cm³/mol. The molecule has 0 bridgehead atoms. The van der Waals surface area contributed by atoms with E-state index in [1.807, 2.05) is 32.9 Å². The van der Waals surface area contributed by atoms with E-state index in [-0.39, 0.29) is 28.9 Å². The maximum Gasteiger partial charge on any atom is 0.319 e. The molecule has 1 aliphatic heterocycles. The monoisotopic (exact) mass is 511 g/mol. The summed E-state index contributed by atoms with van der Waals surface area (Å²) in [4.78, 5) is 38.5. The van der Waals surface area contributed by atoms with Gasteiger partial charge in [-0.2, -0.15) is 5.26 Å². The van der Waals surface area contributed by atoms with Crippen molar-refractivity contribution < 1.29 is 19.1 Å². The number of ether oxygens (including phenoxy) is 1. The van der Waals surface area contributed by atoms with Crippen LogP contribution in [0.2, 0.25) is 5.02 Å². The quantitative estimate of drug-likeness (QED) is 0.409. The van der Waals surface area contributed by atoms with E-state index < -0.39 is 23.7 Å². The number of rotatable bonds is 7. The van der Waals surface area contributed by atoms with Crippen LogP contribution in [0.3, 0.4) is 0 Å². The molecule has 0 fully saturated rings. The van der Waals surface area contributed by atoms with Crippen LogP contribution in [0.1, 0.15) is 35.1 Å². The molecule has 0 unspecified atom stereocenters. The number of benzene rings is 2. The van der Waals surface area contributed by atoms with Gasteiger partial charge < -0.3 is 15.4 Å². The summed E-state index contributed by atoms with van der Waals surface area (Å²) in [6.07, 6.45) is 0. The number of aryl methyl sites for hydroxylation is 3. The SMILES string of the molecule is CCOC(=O)[C@@H]1C(=O)NC(SCC(=O)Nc2c(C)cc(C)cc2C)=C(C#N)[C@@H]1c1ccccc1Cl. The van der Waals surface area contributed by atoms with Gasteiger partial charge in [0, 0.05) is 16.6 Å². The molecule has 3 rings (SSSR count). The molecule has 0 aliphatic carbocycles. The summed E-state index contributed by atoms with van der Waals surface area (Å²) in [6, 6.07) is 12.8. The Morgan fingerprint density at radius 3 is 2.46 bits per heavy atom. The Kier molecular flexibility index (Phi) is 8.60. The molecule has 0 saturated carbocycles. The first kappa shape index (κ1) is 26.3. The van der Waals surface area contributed by atoms with Crippen LogP contribution in [0.15, 0.2) is 47.0 Å². The fraction of sp³-hybridized carbons (Fsp3) is 0.308. The number of carbonyl (C=O) groups is 3. The molecule has 0 radical (unpaired) electrons. The molecule has 35 heavy (non-hydrogen) atoms. The summed E-state index contributed by atoms with van der Waals surface area (Å²) >= 11 is 7.42. The Morgan fingerprint density at radius 2 is 1.86 bits per heavy atom. The lowest BCUT2D eigenvalue weighted by molar-refractivity contribution is -0.152. The fourth-order valence-electron chi connectivity index (χ4n) is 4.18. The Hall–Kier alpha value is -3.28. The molecular weight excluding hydrogens is 486 g/mol. The van der Waals surface area contributed by atoms with Crippen LogP contribution in [0.25, 0.3) is 0 Å². The number of amides is 2. The maximum atomic E-state index is 13.0. The summed E-state index contributed by atoms with van der Waals surface area (Å²) < 4.78 is 5.12. The summed E-state index contributed by atoms with van der Waals surface area (Å²) in [5.74, 6) is -3.90.